The van der Waals surface area contributed by atoms with E-state index in [1.165, 1.54) is 10.6 Å². The molecule has 0 aliphatic carbocycles. The largest absolute Gasteiger partial charge is 0.351 e. The maximum Gasteiger partial charge on any atom is 0.270 e. The van der Waals surface area contributed by atoms with Crippen LogP contribution in [0.1, 0.15) is 23.8 Å². The van der Waals surface area contributed by atoms with Crippen molar-refractivity contribution in [3.05, 3.63) is 78.2 Å². The molecule has 0 unspecified atom stereocenters. The third kappa shape index (κ3) is 3.36. The molecule has 1 N–H and O–H groups in total. The Morgan fingerprint density at radius 3 is 2.54 bits per heavy atom. The van der Waals surface area contributed by atoms with Crippen molar-refractivity contribution in [2.45, 2.75) is 13.3 Å². The fourth-order valence-corrected chi connectivity index (χ4v) is 3.02. The molecule has 2 aromatic carbocycles. The number of rotatable bonds is 5. The first kappa shape index (κ1) is 17.9. The molecule has 5 nitrogen and oxygen atoms in total. The number of amides is 1. The predicted molar refractivity (Wildman–Crippen MR) is 106 cm³/mol. The molecule has 0 saturated heterocycles. The van der Waals surface area contributed by atoms with Crippen LogP contribution in [-0.4, -0.2) is 27.0 Å². The molecule has 140 valence electrons. The Balaban J connectivity index is 1.91. The van der Waals surface area contributed by atoms with Crippen molar-refractivity contribution in [1.29, 1.82) is 0 Å². The summed E-state index contributed by atoms with van der Waals surface area (Å²) in [5.41, 5.74) is 3.16. The number of carbonyl (C=O) groups excluding carboxylic acids is 1. The number of hydrogen-bond donors (Lipinski definition) is 1. The standard InChI is InChI=1S/C22H19FN4O/c1-2-12-24-22(28)20-13-19(16-10-6-7-11-17(16)23)25-21-14-18(26-27(20)21)15-8-4-3-5-9-15/h3-11,13-14H,2,12H2,1H3,(H,24,28). The molecule has 0 radical (unpaired) electrons. The van der Waals surface area contributed by atoms with Gasteiger partial charge < -0.3 is 5.32 Å². The number of fused-ring (bicyclic) bond motifs is 1. The molecular formula is C22H19FN4O. The van der Waals surface area contributed by atoms with E-state index in [4.69, 9.17) is 0 Å². The minimum absolute atomic E-state index is 0.269. The molecule has 2 aromatic heterocycles. The van der Waals surface area contributed by atoms with Crippen LogP contribution < -0.4 is 5.32 Å². The van der Waals surface area contributed by atoms with Crippen LogP contribution in [-0.2, 0) is 0 Å². The molecular weight excluding hydrogens is 355 g/mol. The fourth-order valence-electron chi connectivity index (χ4n) is 3.02. The van der Waals surface area contributed by atoms with Crippen LogP contribution in [0.2, 0.25) is 0 Å². The van der Waals surface area contributed by atoms with E-state index in [1.807, 2.05) is 37.3 Å². The molecule has 4 rings (SSSR count). The first-order chi connectivity index (χ1) is 13.7. The van der Waals surface area contributed by atoms with Gasteiger partial charge in [-0.15, -0.1) is 0 Å². The van der Waals surface area contributed by atoms with E-state index < -0.39 is 0 Å². The van der Waals surface area contributed by atoms with Crippen LogP contribution >= 0.6 is 0 Å². The lowest BCUT2D eigenvalue weighted by Gasteiger charge is -2.09. The van der Waals surface area contributed by atoms with Crippen LogP contribution in [0.15, 0.2) is 66.7 Å². The highest BCUT2D eigenvalue weighted by Crippen LogP contribution is 2.25. The lowest BCUT2D eigenvalue weighted by atomic mass is 10.1. The zero-order valence-electron chi connectivity index (χ0n) is 15.4. The summed E-state index contributed by atoms with van der Waals surface area (Å²) in [7, 11) is 0. The van der Waals surface area contributed by atoms with E-state index in [-0.39, 0.29) is 11.7 Å². The van der Waals surface area contributed by atoms with Crippen molar-refractivity contribution in [2.75, 3.05) is 6.54 Å². The van der Waals surface area contributed by atoms with Gasteiger partial charge in [0.15, 0.2) is 5.65 Å². The number of nitrogens with one attached hydrogen (secondary N) is 1. The number of benzene rings is 2. The van der Waals surface area contributed by atoms with Gasteiger partial charge in [-0.3, -0.25) is 4.79 Å². The number of halogens is 1. The molecule has 0 fully saturated rings. The second-order valence-electron chi connectivity index (χ2n) is 6.43. The first-order valence-corrected chi connectivity index (χ1v) is 9.16. The van der Waals surface area contributed by atoms with E-state index in [0.717, 1.165) is 12.0 Å². The number of carbonyl (C=O) groups is 1. The molecule has 2 heterocycles. The highest BCUT2D eigenvalue weighted by atomic mass is 19.1. The minimum atomic E-state index is -0.387. The molecule has 4 aromatic rings. The Labute approximate surface area is 161 Å². The average Bonchev–Trinajstić information content (AvgIpc) is 3.16. The van der Waals surface area contributed by atoms with E-state index in [2.05, 4.69) is 15.4 Å². The second kappa shape index (κ2) is 7.60. The molecule has 0 atom stereocenters. The SMILES string of the molecule is CCCNC(=O)c1cc(-c2ccccc2F)nc2cc(-c3ccccc3)nn12. The van der Waals surface area contributed by atoms with Gasteiger partial charge in [0.1, 0.15) is 11.5 Å². The highest BCUT2D eigenvalue weighted by Gasteiger charge is 2.18. The van der Waals surface area contributed by atoms with E-state index in [9.17, 15) is 9.18 Å². The fraction of sp³-hybridized carbons (Fsp3) is 0.136. The molecule has 0 aliphatic rings. The third-order valence-electron chi connectivity index (χ3n) is 4.41. The topological polar surface area (TPSA) is 59.3 Å². The summed E-state index contributed by atoms with van der Waals surface area (Å²) in [6.45, 7) is 2.53. The lowest BCUT2D eigenvalue weighted by Crippen LogP contribution is -2.26. The molecule has 0 bridgehead atoms. The smallest absolute Gasteiger partial charge is 0.270 e. The molecule has 0 spiro atoms. The summed E-state index contributed by atoms with van der Waals surface area (Å²) in [6, 6.07) is 19.4. The summed E-state index contributed by atoms with van der Waals surface area (Å²) in [6.07, 6.45) is 0.814. The van der Waals surface area contributed by atoms with Gasteiger partial charge >= 0.3 is 0 Å². The van der Waals surface area contributed by atoms with Gasteiger partial charge in [0.05, 0.1) is 11.4 Å². The van der Waals surface area contributed by atoms with Crippen molar-refractivity contribution in [3.63, 3.8) is 0 Å². The highest BCUT2D eigenvalue weighted by molar-refractivity contribution is 5.94. The van der Waals surface area contributed by atoms with Crippen LogP contribution in [0.5, 0.6) is 0 Å². The van der Waals surface area contributed by atoms with Gasteiger partial charge in [-0.2, -0.15) is 5.10 Å². The maximum atomic E-state index is 14.3. The Morgan fingerprint density at radius 1 is 1.04 bits per heavy atom. The normalized spacial score (nSPS) is 10.9. The molecule has 0 saturated carbocycles. The molecule has 1 amide bonds. The van der Waals surface area contributed by atoms with Crippen LogP contribution in [0.4, 0.5) is 4.39 Å². The van der Waals surface area contributed by atoms with Gasteiger partial charge in [0.25, 0.3) is 5.91 Å². The van der Waals surface area contributed by atoms with E-state index in [1.54, 1.807) is 30.3 Å². The minimum Gasteiger partial charge on any atom is -0.351 e. The zero-order valence-corrected chi connectivity index (χ0v) is 15.4. The van der Waals surface area contributed by atoms with Crippen LogP contribution in [0, 0.1) is 5.82 Å². The monoisotopic (exact) mass is 374 g/mol. The van der Waals surface area contributed by atoms with Crippen molar-refractivity contribution < 1.29 is 9.18 Å². The molecule has 6 heteroatoms. The van der Waals surface area contributed by atoms with Gasteiger partial charge in [0.2, 0.25) is 0 Å². The summed E-state index contributed by atoms with van der Waals surface area (Å²) >= 11 is 0. The van der Waals surface area contributed by atoms with Gasteiger partial charge in [0, 0.05) is 23.7 Å². The summed E-state index contributed by atoms with van der Waals surface area (Å²) in [4.78, 5) is 17.3. The maximum absolute atomic E-state index is 14.3. The quantitative estimate of drug-likeness (QED) is 0.565. The summed E-state index contributed by atoms with van der Waals surface area (Å²) < 4.78 is 15.8. The Kier molecular flexibility index (Phi) is 4.85. The third-order valence-corrected chi connectivity index (χ3v) is 4.41. The Hall–Kier alpha value is -3.54. The van der Waals surface area contributed by atoms with Crippen molar-refractivity contribution in [3.8, 4) is 22.5 Å². The second-order valence-corrected chi connectivity index (χ2v) is 6.43. The molecule has 0 aliphatic heterocycles. The van der Waals surface area contributed by atoms with Gasteiger partial charge in [-0.25, -0.2) is 13.9 Å². The Bertz CT molecular complexity index is 1140. The lowest BCUT2D eigenvalue weighted by molar-refractivity contribution is 0.0946. The van der Waals surface area contributed by atoms with E-state index in [0.29, 0.717) is 34.8 Å². The van der Waals surface area contributed by atoms with Crippen molar-refractivity contribution in [2.24, 2.45) is 0 Å². The summed E-state index contributed by atoms with van der Waals surface area (Å²) in [5.74, 6) is -0.656. The first-order valence-electron chi connectivity index (χ1n) is 9.16. The van der Waals surface area contributed by atoms with Crippen molar-refractivity contribution in [1.82, 2.24) is 19.9 Å². The Morgan fingerprint density at radius 2 is 1.79 bits per heavy atom. The predicted octanol–water partition coefficient (Wildman–Crippen LogP) is 4.34. The molecule has 28 heavy (non-hydrogen) atoms. The van der Waals surface area contributed by atoms with E-state index >= 15 is 0 Å². The average molecular weight is 374 g/mol. The van der Waals surface area contributed by atoms with Crippen molar-refractivity contribution >= 4 is 11.6 Å². The van der Waals surface area contributed by atoms with Crippen LogP contribution in [0.3, 0.4) is 0 Å². The summed E-state index contributed by atoms with van der Waals surface area (Å²) in [5, 5.41) is 7.43. The van der Waals surface area contributed by atoms with Gasteiger partial charge in [-0.05, 0) is 24.6 Å². The van der Waals surface area contributed by atoms with Gasteiger partial charge in [-0.1, -0.05) is 49.4 Å². The zero-order chi connectivity index (χ0) is 19.5. The number of hydrogen-bond acceptors (Lipinski definition) is 3. The van der Waals surface area contributed by atoms with Crippen LogP contribution in [0.25, 0.3) is 28.2 Å². The number of nitrogens with zero attached hydrogens (tertiary/aromatic N) is 3. The number of aromatic nitrogens is 3.